The second-order valence-electron chi connectivity index (χ2n) is 3.30. The third-order valence-corrected chi connectivity index (χ3v) is 3.73. The number of rotatable bonds is 4. The van der Waals surface area contributed by atoms with Gasteiger partial charge in [-0.05, 0) is 12.3 Å². The van der Waals surface area contributed by atoms with E-state index in [2.05, 4.69) is 46.4 Å². The van der Waals surface area contributed by atoms with Crippen molar-refractivity contribution in [2.45, 2.75) is 51.5 Å². The van der Waals surface area contributed by atoms with Crippen LogP contribution in [-0.4, -0.2) is 10.5 Å². The lowest BCUT2D eigenvalue weighted by molar-refractivity contribution is 0.638. The summed E-state index contributed by atoms with van der Waals surface area (Å²) in [7, 11) is 0. The van der Waals surface area contributed by atoms with Crippen LogP contribution in [0.25, 0.3) is 0 Å². The summed E-state index contributed by atoms with van der Waals surface area (Å²) in [6.07, 6.45) is 1.29. The lowest BCUT2D eigenvalue weighted by Gasteiger charge is -2.18. The fourth-order valence-electron chi connectivity index (χ4n) is 0.620. The summed E-state index contributed by atoms with van der Waals surface area (Å²) in [6.45, 7) is 11.5. The molecule has 10 heavy (non-hydrogen) atoms. The van der Waals surface area contributed by atoms with Crippen LogP contribution in [-0.2, 0) is 0 Å². The molecule has 2 atom stereocenters. The summed E-state index contributed by atoms with van der Waals surface area (Å²) in [5, 5.41) is 1.65. The standard InChI is InChI=1S/C9H20S/c1-6-8(4)10-9(5)7(2)3/h7-9H,6H2,1-5H3. The first-order chi connectivity index (χ1) is 4.57. The minimum Gasteiger partial charge on any atom is -0.155 e. The van der Waals surface area contributed by atoms with E-state index in [4.69, 9.17) is 0 Å². The van der Waals surface area contributed by atoms with Crippen molar-refractivity contribution in [2.24, 2.45) is 5.92 Å². The number of hydrogen-bond acceptors (Lipinski definition) is 1. The van der Waals surface area contributed by atoms with Crippen LogP contribution in [0.5, 0.6) is 0 Å². The molecule has 0 aliphatic rings. The zero-order valence-electron chi connectivity index (χ0n) is 7.85. The zero-order chi connectivity index (χ0) is 8.15. The van der Waals surface area contributed by atoms with E-state index in [-0.39, 0.29) is 0 Å². The number of thioether (sulfide) groups is 1. The third-order valence-electron chi connectivity index (χ3n) is 1.96. The molecule has 2 unspecified atom stereocenters. The second-order valence-corrected chi connectivity index (χ2v) is 5.12. The van der Waals surface area contributed by atoms with Gasteiger partial charge >= 0.3 is 0 Å². The Morgan fingerprint density at radius 1 is 1.10 bits per heavy atom. The maximum atomic E-state index is 2.32. The highest BCUT2D eigenvalue weighted by Gasteiger charge is 2.10. The van der Waals surface area contributed by atoms with Crippen molar-refractivity contribution >= 4 is 11.8 Å². The molecule has 0 N–H and O–H groups in total. The van der Waals surface area contributed by atoms with Gasteiger partial charge in [-0.3, -0.25) is 0 Å². The maximum Gasteiger partial charge on any atom is 0.00444 e. The molecule has 0 nitrogen and oxygen atoms in total. The molecule has 0 fully saturated rings. The monoisotopic (exact) mass is 160 g/mol. The highest BCUT2D eigenvalue weighted by Crippen LogP contribution is 2.24. The molecule has 0 radical (unpaired) electrons. The lowest BCUT2D eigenvalue weighted by Crippen LogP contribution is -2.10. The Balaban J connectivity index is 3.46. The van der Waals surface area contributed by atoms with E-state index in [0.717, 1.165) is 16.4 Å². The third kappa shape index (κ3) is 4.21. The molecule has 1 heteroatoms. The lowest BCUT2D eigenvalue weighted by atomic mass is 10.2. The molecular weight excluding hydrogens is 140 g/mol. The first kappa shape index (κ1) is 10.3. The van der Waals surface area contributed by atoms with Crippen LogP contribution in [0.2, 0.25) is 0 Å². The van der Waals surface area contributed by atoms with Crippen LogP contribution in [0, 0.1) is 5.92 Å². The summed E-state index contributed by atoms with van der Waals surface area (Å²) in [6, 6.07) is 0. The van der Waals surface area contributed by atoms with E-state index in [1.165, 1.54) is 6.42 Å². The van der Waals surface area contributed by atoms with Gasteiger partial charge in [0.2, 0.25) is 0 Å². The summed E-state index contributed by atoms with van der Waals surface area (Å²) in [4.78, 5) is 0. The molecular formula is C9H20S. The van der Waals surface area contributed by atoms with Crippen LogP contribution in [0.4, 0.5) is 0 Å². The van der Waals surface area contributed by atoms with Crippen LogP contribution in [0.1, 0.15) is 41.0 Å². The summed E-state index contributed by atoms with van der Waals surface area (Å²) < 4.78 is 0. The SMILES string of the molecule is CCC(C)SC(C)C(C)C. The van der Waals surface area contributed by atoms with E-state index in [0.29, 0.717) is 0 Å². The zero-order valence-corrected chi connectivity index (χ0v) is 8.66. The summed E-state index contributed by atoms with van der Waals surface area (Å²) >= 11 is 2.11. The van der Waals surface area contributed by atoms with Gasteiger partial charge in [0.15, 0.2) is 0 Å². The van der Waals surface area contributed by atoms with Gasteiger partial charge in [-0.15, -0.1) is 0 Å². The van der Waals surface area contributed by atoms with Gasteiger partial charge in [0.25, 0.3) is 0 Å². The van der Waals surface area contributed by atoms with E-state index < -0.39 is 0 Å². The Morgan fingerprint density at radius 2 is 1.60 bits per heavy atom. The summed E-state index contributed by atoms with van der Waals surface area (Å²) in [5.41, 5.74) is 0. The highest BCUT2D eigenvalue weighted by molar-refractivity contribution is 8.00. The van der Waals surface area contributed by atoms with Gasteiger partial charge in [-0.1, -0.05) is 34.6 Å². The molecule has 0 aromatic rings. The molecule has 0 aromatic heterocycles. The Labute approximate surface area is 69.8 Å². The molecule has 0 saturated carbocycles. The van der Waals surface area contributed by atoms with Gasteiger partial charge < -0.3 is 0 Å². The topological polar surface area (TPSA) is 0 Å². The van der Waals surface area contributed by atoms with Crippen molar-refractivity contribution in [3.63, 3.8) is 0 Å². The molecule has 0 rings (SSSR count). The quantitative estimate of drug-likeness (QED) is 0.606. The van der Waals surface area contributed by atoms with Gasteiger partial charge in [0.1, 0.15) is 0 Å². The molecule has 0 saturated heterocycles. The van der Waals surface area contributed by atoms with E-state index in [9.17, 15) is 0 Å². The predicted molar refractivity (Wildman–Crippen MR) is 51.6 cm³/mol. The van der Waals surface area contributed by atoms with Crippen LogP contribution >= 0.6 is 11.8 Å². The number of hydrogen-bond donors (Lipinski definition) is 0. The highest BCUT2D eigenvalue weighted by atomic mass is 32.2. The van der Waals surface area contributed by atoms with Crippen LogP contribution in [0.15, 0.2) is 0 Å². The molecule has 0 spiro atoms. The molecule has 0 aliphatic heterocycles. The average Bonchev–Trinajstić information content (AvgIpc) is 1.87. The van der Waals surface area contributed by atoms with E-state index in [1.807, 2.05) is 0 Å². The maximum absolute atomic E-state index is 2.32. The van der Waals surface area contributed by atoms with Crippen LogP contribution < -0.4 is 0 Å². The first-order valence-corrected chi connectivity index (χ1v) is 5.17. The van der Waals surface area contributed by atoms with Gasteiger partial charge in [-0.25, -0.2) is 0 Å². The molecule has 0 aromatic carbocycles. The fraction of sp³-hybridized carbons (Fsp3) is 1.00. The smallest absolute Gasteiger partial charge is 0.00444 e. The van der Waals surface area contributed by atoms with Crippen molar-refractivity contribution in [3.05, 3.63) is 0 Å². The predicted octanol–water partition coefficient (Wildman–Crippen LogP) is 3.56. The van der Waals surface area contributed by atoms with Gasteiger partial charge in [0.05, 0.1) is 0 Å². The molecule has 62 valence electrons. The molecule has 0 amide bonds. The van der Waals surface area contributed by atoms with E-state index in [1.54, 1.807) is 0 Å². The molecule has 0 bridgehead atoms. The Hall–Kier alpha value is 0.350. The van der Waals surface area contributed by atoms with Gasteiger partial charge in [-0.2, -0.15) is 11.8 Å². The Morgan fingerprint density at radius 3 is 1.90 bits per heavy atom. The minimum absolute atomic E-state index is 0.815. The largest absolute Gasteiger partial charge is 0.155 e. The van der Waals surface area contributed by atoms with Crippen molar-refractivity contribution in [1.29, 1.82) is 0 Å². The van der Waals surface area contributed by atoms with Crippen LogP contribution in [0.3, 0.4) is 0 Å². The average molecular weight is 160 g/mol. The Bertz CT molecular complexity index is 78.8. The van der Waals surface area contributed by atoms with Crippen molar-refractivity contribution < 1.29 is 0 Å². The minimum atomic E-state index is 0.815. The van der Waals surface area contributed by atoms with E-state index >= 15 is 0 Å². The fourth-order valence-corrected chi connectivity index (χ4v) is 1.86. The van der Waals surface area contributed by atoms with Crippen molar-refractivity contribution in [1.82, 2.24) is 0 Å². The van der Waals surface area contributed by atoms with Crippen molar-refractivity contribution in [2.75, 3.05) is 0 Å². The summed E-state index contributed by atoms with van der Waals surface area (Å²) in [5.74, 6) is 0.819. The molecule has 0 heterocycles. The molecule has 0 aliphatic carbocycles. The van der Waals surface area contributed by atoms with Crippen molar-refractivity contribution in [3.8, 4) is 0 Å². The second kappa shape index (κ2) is 5.06. The first-order valence-electron chi connectivity index (χ1n) is 4.23. The van der Waals surface area contributed by atoms with Gasteiger partial charge in [0, 0.05) is 10.5 Å². The normalized spacial score (nSPS) is 17.4. The Kier molecular flexibility index (Phi) is 5.24.